The van der Waals surface area contributed by atoms with Crippen molar-refractivity contribution in [1.82, 2.24) is 0 Å². The highest BCUT2D eigenvalue weighted by Crippen LogP contribution is 2.25. The van der Waals surface area contributed by atoms with Gasteiger partial charge in [-0.25, -0.2) is 0 Å². The molecule has 0 bridgehead atoms. The second-order valence-electron chi connectivity index (χ2n) is 4.52. The molecular weight excluding hydrogens is 293 g/mol. The molecule has 0 fully saturated rings. The Morgan fingerprint density at radius 2 is 1.70 bits per heavy atom. The molecule has 4 heteroatoms. The summed E-state index contributed by atoms with van der Waals surface area (Å²) in [6, 6.07) is 14.7. The van der Waals surface area contributed by atoms with Crippen LogP contribution in [0.25, 0.3) is 0 Å². The molecule has 0 heterocycles. The monoisotopic (exact) mass is 307 g/mol. The third-order valence-electron chi connectivity index (χ3n) is 3.06. The average Bonchev–Trinajstić information content (AvgIpc) is 2.39. The van der Waals surface area contributed by atoms with E-state index >= 15 is 0 Å². The summed E-state index contributed by atoms with van der Waals surface area (Å²) in [5.74, 6) is -0.244. The first kappa shape index (κ1) is 14.9. The molecule has 0 aromatic heterocycles. The molecule has 1 atom stereocenters. The molecule has 2 aromatic carbocycles. The zero-order valence-corrected chi connectivity index (χ0v) is 12.6. The van der Waals surface area contributed by atoms with Gasteiger partial charge in [0, 0.05) is 15.7 Å². The van der Waals surface area contributed by atoms with Crippen molar-refractivity contribution in [3.63, 3.8) is 0 Å². The average molecular weight is 308 g/mol. The van der Waals surface area contributed by atoms with Gasteiger partial charge in [-0.05, 0) is 30.2 Å². The molecule has 2 rings (SSSR count). The molecule has 2 nitrogen and oxygen atoms in total. The van der Waals surface area contributed by atoms with Gasteiger partial charge in [-0.3, -0.25) is 4.79 Å². The van der Waals surface area contributed by atoms with Crippen molar-refractivity contribution in [3.8, 4) is 0 Å². The maximum absolute atomic E-state index is 12.4. The van der Waals surface area contributed by atoms with Crippen molar-refractivity contribution in [2.24, 2.45) is 0 Å². The van der Waals surface area contributed by atoms with Crippen LogP contribution >= 0.6 is 23.2 Å². The zero-order valence-electron chi connectivity index (χ0n) is 11.1. The fourth-order valence-electron chi connectivity index (χ4n) is 2.11. The van der Waals surface area contributed by atoms with Crippen LogP contribution in [0.2, 0.25) is 10.0 Å². The number of hydrogen-bond acceptors (Lipinski definition) is 1. The second-order valence-corrected chi connectivity index (χ2v) is 5.39. The molecule has 0 saturated carbocycles. The normalized spacial score (nSPS) is 11.9. The fraction of sp³-hybridized carbons (Fsp3) is 0.188. The number of amides is 1. The summed E-state index contributed by atoms with van der Waals surface area (Å²) < 4.78 is 0. The van der Waals surface area contributed by atoms with E-state index in [9.17, 15) is 4.79 Å². The molecule has 0 aliphatic heterocycles. The Morgan fingerprint density at radius 1 is 1.10 bits per heavy atom. The van der Waals surface area contributed by atoms with Gasteiger partial charge in [-0.15, -0.1) is 0 Å². The molecule has 20 heavy (non-hydrogen) atoms. The first-order valence-electron chi connectivity index (χ1n) is 6.42. The SMILES string of the molecule is CCC(C(=O)Nc1cc(Cl)cc(Cl)c1)c1ccccc1. The van der Waals surface area contributed by atoms with E-state index in [1.165, 1.54) is 0 Å². The minimum Gasteiger partial charge on any atom is -0.325 e. The fourth-order valence-corrected chi connectivity index (χ4v) is 2.64. The van der Waals surface area contributed by atoms with Gasteiger partial charge in [0.1, 0.15) is 0 Å². The third kappa shape index (κ3) is 3.75. The van der Waals surface area contributed by atoms with E-state index in [1.54, 1.807) is 18.2 Å². The summed E-state index contributed by atoms with van der Waals surface area (Å²) >= 11 is 11.9. The lowest BCUT2D eigenvalue weighted by atomic mass is 9.95. The van der Waals surface area contributed by atoms with Gasteiger partial charge in [-0.1, -0.05) is 60.5 Å². The minimum absolute atomic E-state index is 0.0583. The van der Waals surface area contributed by atoms with Crippen LogP contribution in [0.1, 0.15) is 24.8 Å². The molecule has 2 aromatic rings. The van der Waals surface area contributed by atoms with E-state index < -0.39 is 0 Å². The van der Waals surface area contributed by atoms with E-state index in [2.05, 4.69) is 5.32 Å². The largest absolute Gasteiger partial charge is 0.325 e. The van der Waals surface area contributed by atoms with Crippen molar-refractivity contribution < 1.29 is 4.79 Å². The van der Waals surface area contributed by atoms with E-state index in [0.717, 1.165) is 12.0 Å². The van der Waals surface area contributed by atoms with Crippen LogP contribution in [-0.2, 0) is 4.79 Å². The predicted octanol–water partition coefficient (Wildman–Crippen LogP) is 5.13. The number of nitrogens with one attached hydrogen (secondary N) is 1. The Morgan fingerprint density at radius 3 is 2.25 bits per heavy atom. The first-order valence-corrected chi connectivity index (χ1v) is 7.17. The van der Waals surface area contributed by atoms with Crippen LogP contribution in [0.3, 0.4) is 0 Å². The molecular formula is C16H15Cl2NO. The number of benzene rings is 2. The highest BCUT2D eigenvalue weighted by molar-refractivity contribution is 6.35. The standard InChI is InChI=1S/C16H15Cl2NO/c1-2-15(11-6-4-3-5-7-11)16(20)19-14-9-12(17)8-13(18)10-14/h3-10,15H,2H2,1H3,(H,19,20). The highest BCUT2D eigenvalue weighted by Gasteiger charge is 2.18. The molecule has 0 aliphatic carbocycles. The molecule has 0 radical (unpaired) electrons. The number of carbonyl (C=O) groups is 1. The Bertz CT molecular complexity index is 578. The van der Waals surface area contributed by atoms with Gasteiger partial charge in [0.25, 0.3) is 0 Å². The van der Waals surface area contributed by atoms with Crippen LogP contribution in [0.4, 0.5) is 5.69 Å². The van der Waals surface area contributed by atoms with E-state index in [0.29, 0.717) is 15.7 Å². The van der Waals surface area contributed by atoms with Crippen molar-refractivity contribution in [2.75, 3.05) is 5.32 Å². The van der Waals surface area contributed by atoms with Crippen LogP contribution in [0, 0.1) is 0 Å². The third-order valence-corrected chi connectivity index (χ3v) is 3.49. The number of halogens is 2. The Labute approximate surface area is 128 Å². The van der Waals surface area contributed by atoms with Crippen molar-refractivity contribution >= 4 is 34.8 Å². The van der Waals surface area contributed by atoms with Crippen LogP contribution in [0.5, 0.6) is 0 Å². The summed E-state index contributed by atoms with van der Waals surface area (Å²) in [6.07, 6.45) is 0.726. The van der Waals surface area contributed by atoms with Gasteiger partial charge in [0.05, 0.1) is 5.92 Å². The summed E-state index contributed by atoms with van der Waals surface area (Å²) in [7, 11) is 0. The van der Waals surface area contributed by atoms with Crippen LogP contribution in [0.15, 0.2) is 48.5 Å². The molecule has 104 valence electrons. The maximum Gasteiger partial charge on any atom is 0.231 e. The Balaban J connectivity index is 2.18. The number of rotatable bonds is 4. The first-order chi connectivity index (χ1) is 9.60. The molecule has 1 amide bonds. The summed E-state index contributed by atoms with van der Waals surface area (Å²) in [4.78, 5) is 12.4. The van der Waals surface area contributed by atoms with Crippen LogP contribution < -0.4 is 5.32 Å². The Kier molecular flexibility index (Phi) is 5.05. The molecule has 0 saturated heterocycles. The molecule has 1 N–H and O–H groups in total. The van der Waals surface area contributed by atoms with Crippen molar-refractivity contribution in [1.29, 1.82) is 0 Å². The lowest BCUT2D eigenvalue weighted by Crippen LogP contribution is -2.20. The molecule has 1 unspecified atom stereocenters. The van der Waals surface area contributed by atoms with Gasteiger partial charge >= 0.3 is 0 Å². The second kappa shape index (κ2) is 6.78. The highest BCUT2D eigenvalue weighted by atomic mass is 35.5. The van der Waals surface area contributed by atoms with E-state index in [1.807, 2.05) is 37.3 Å². The lowest BCUT2D eigenvalue weighted by molar-refractivity contribution is -0.117. The number of hydrogen-bond donors (Lipinski definition) is 1. The van der Waals surface area contributed by atoms with Gasteiger partial charge in [-0.2, -0.15) is 0 Å². The summed E-state index contributed by atoms with van der Waals surface area (Å²) in [6.45, 7) is 1.99. The molecule has 0 spiro atoms. The number of anilines is 1. The van der Waals surface area contributed by atoms with Crippen molar-refractivity contribution in [2.45, 2.75) is 19.3 Å². The Hall–Kier alpha value is -1.51. The van der Waals surface area contributed by atoms with E-state index in [4.69, 9.17) is 23.2 Å². The van der Waals surface area contributed by atoms with Gasteiger partial charge in [0.15, 0.2) is 0 Å². The maximum atomic E-state index is 12.4. The summed E-state index contributed by atoms with van der Waals surface area (Å²) in [5, 5.41) is 3.87. The predicted molar refractivity (Wildman–Crippen MR) is 84.6 cm³/mol. The number of carbonyl (C=O) groups excluding carboxylic acids is 1. The van der Waals surface area contributed by atoms with Gasteiger partial charge in [0.2, 0.25) is 5.91 Å². The minimum atomic E-state index is -0.186. The lowest BCUT2D eigenvalue weighted by Gasteiger charge is -2.15. The molecule has 0 aliphatic rings. The smallest absolute Gasteiger partial charge is 0.231 e. The van der Waals surface area contributed by atoms with Crippen molar-refractivity contribution in [3.05, 3.63) is 64.1 Å². The van der Waals surface area contributed by atoms with Gasteiger partial charge < -0.3 is 5.32 Å². The zero-order chi connectivity index (χ0) is 14.5. The topological polar surface area (TPSA) is 29.1 Å². The summed E-state index contributed by atoms with van der Waals surface area (Å²) in [5.41, 5.74) is 1.61. The van der Waals surface area contributed by atoms with E-state index in [-0.39, 0.29) is 11.8 Å². The quantitative estimate of drug-likeness (QED) is 0.834. The van der Waals surface area contributed by atoms with Crippen LogP contribution in [-0.4, -0.2) is 5.91 Å².